The van der Waals surface area contributed by atoms with Crippen LogP contribution in [0.25, 0.3) is 0 Å². The summed E-state index contributed by atoms with van der Waals surface area (Å²) in [5.41, 5.74) is -1.61. The summed E-state index contributed by atoms with van der Waals surface area (Å²) < 4.78 is 0. The minimum Gasteiger partial charge on any atom is -0.479 e. The number of aliphatic carboxylic acids is 1. The van der Waals surface area contributed by atoms with E-state index in [0.717, 1.165) is 19.5 Å². The van der Waals surface area contributed by atoms with Crippen molar-refractivity contribution in [2.24, 2.45) is 5.92 Å². The van der Waals surface area contributed by atoms with Crippen molar-refractivity contribution in [3.8, 4) is 0 Å². The Morgan fingerprint density at radius 3 is 2.69 bits per heavy atom. The maximum absolute atomic E-state index is 10.6. The molecule has 2 N–H and O–H groups in total. The second-order valence-corrected chi connectivity index (χ2v) is 4.21. The predicted molar refractivity (Wildman–Crippen MR) is 48.5 cm³/mol. The van der Waals surface area contributed by atoms with Gasteiger partial charge in [-0.25, -0.2) is 4.79 Å². The lowest BCUT2D eigenvalue weighted by Gasteiger charge is -2.24. The number of hydrogen-bond acceptors (Lipinski definition) is 3. The topological polar surface area (TPSA) is 60.8 Å². The van der Waals surface area contributed by atoms with Gasteiger partial charge in [0, 0.05) is 13.1 Å². The van der Waals surface area contributed by atoms with Crippen molar-refractivity contribution in [3.05, 3.63) is 0 Å². The van der Waals surface area contributed by atoms with Gasteiger partial charge in [-0.2, -0.15) is 0 Å². The Morgan fingerprint density at radius 2 is 2.31 bits per heavy atom. The molecule has 0 bridgehead atoms. The summed E-state index contributed by atoms with van der Waals surface area (Å²) >= 11 is 0. The van der Waals surface area contributed by atoms with Crippen molar-refractivity contribution in [3.63, 3.8) is 0 Å². The van der Waals surface area contributed by atoms with Crippen LogP contribution in [0, 0.1) is 5.92 Å². The highest BCUT2D eigenvalue weighted by Gasteiger charge is 2.34. The highest BCUT2D eigenvalue weighted by molar-refractivity contribution is 5.76. The lowest BCUT2D eigenvalue weighted by Crippen LogP contribution is -2.46. The normalized spacial score (nSPS) is 28.7. The van der Waals surface area contributed by atoms with Gasteiger partial charge in [-0.15, -0.1) is 0 Å². The molecule has 76 valence electrons. The third kappa shape index (κ3) is 2.67. The Morgan fingerprint density at radius 1 is 1.69 bits per heavy atom. The van der Waals surface area contributed by atoms with Gasteiger partial charge in [0.05, 0.1) is 0 Å². The predicted octanol–water partition coefficient (Wildman–Crippen LogP) is 0.164. The van der Waals surface area contributed by atoms with Crippen LogP contribution in [0.4, 0.5) is 0 Å². The van der Waals surface area contributed by atoms with Crippen LogP contribution in [-0.2, 0) is 4.79 Å². The van der Waals surface area contributed by atoms with Crippen LogP contribution in [0.3, 0.4) is 0 Å². The lowest BCUT2D eigenvalue weighted by molar-refractivity contribution is -0.158. The molecule has 1 saturated heterocycles. The van der Waals surface area contributed by atoms with E-state index in [1.54, 1.807) is 0 Å². The summed E-state index contributed by atoms with van der Waals surface area (Å²) in [6.45, 7) is 5.49. The molecule has 0 aromatic rings. The minimum absolute atomic E-state index is 0.229. The van der Waals surface area contributed by atoms with Crippen LogP contribution < -0.4 is 0 Å². The fourth-order valence-corrected chi connectivity index (χ4v) is 1.67. The zero-order chi connectivity index (χ0) is 10.1. The molecule has 0 saturated carbocycles. The van der Waals surface area contributed by atoms with Gasteiger partial charge in [0.1, 0.15) is 0 Å². The van der Waals surface area contributed by atoms with E-state index in [9.17, 15) is 9.90 Å². The summed E-state index contributed by atoms with van der Waals surface area (Å²) in [6, 6.07) is 0. The van der Waals surface area contributed by atoms with E-state index >= 15 is 0 Å². The molecular formula is C9H17NO3. The summed E-state index contributed by atoms with van der Waals surface area (Å²) in [5, 5.41) is 18.2. The molecule has 0 spiro atoms. The number of carbonyl (C=O) groups is 1. The number of carboxylic acid groups (broad SMARTS) is 1. The van der Waals surface area contributed by atoms with E-state index in [1.807, 2.05) is 4.90 Å². The highest BCUT2D eigenvalue weighted by atomic mass is 16.4. The number of aliphatic hydroxyl groups is 1. The minimum atomic E-state index is -1.61. The SMILES string of the molecule is CC1CCN(CC(C)(O)C(=O)O)C1. The fraction of sp³-hybridized carbons (Fsp3) is 0.889. The molecular weight excluding hydrogens is 170 g/mol. The molecule has 1 heterocycles. The van der Waals surface area contributed by atoms with Crippen molar-refractivity contribution in [2.75, 3.05) is 19.6 Å². The molecule has 1 fully saturated rings. The average molecular weight is 187 g/mol. The standard InChI is InChI=1S/C9H17NO3/c1-7-3-4-10(5-7)6-9(2,13)8(11)12/h7,13H,3-6H2,1-2H3,(H,11,12). The Kier molecular flexibility index (Phi) is 2.93. The second kappa shape index (κ2) is 3.64. The molecule has 1 aliphatic heterocycles. The Hall–Kier alpha value is -0.610. The van der Waals surface area contributed by atoms with Crippen molar-refractivity contribution in [2.45, 2.75) is 25.9 Å². The molecule has 2 atom stereocenters. The largest absolute Gasteiger partial charge is 0.479 e. The molecule has 2 unspecified atom stereocenters. The van der Waals surface area contributed by atoms with E-state index in [-0.39, 0.29) is 6.54 Å². The fourth-order valence-electron chi connectivity index (χ4n) is 1.67. The van der Waals surface area contributed by atoms with Crippen LogP contribution in [-0.4, -0.2) is 46.3 Å². The first-order valence-corrected chi connectivity index (χ1v) is 4.60. The summed E-state index contributed by atoms with van der Waals surface area (Å²) in [6.07, 6.45) is 1.09. The van der Waals surface area contributed by atoms with Gasteiger partial charge in [-0.1, -0.05) is 6.92 Å². The van der Waals surface area contributed by atoms with Gasteiger partial charge in [0.25, 0.3) is 0 Å². The van der Waals surface area contributed by atoms with Crippen molar-refractivity contribution < 1.29 is 15.0 Å². The molecule has 0 aromatic carbocycles. The second-order valence-electron chi connectivity index (χ2n) is 4.21. The van der Waals surface area contributed by atoms with Crippen LogP contribution in [0.5, 0.6) is 0 Å². The van der Waals surface area contributed by atoms with Crippen LogP contribution >= 0.6 is 0 Å². The maximum Gasteiger partial charge on any atom is 0.336 e. The molecule has 1 aliphatic rings. The van der Waals surface area contributed by atoms with Crippen LogP contribution in [0.15, 0.2) is 0 Å². The van der Waals surface area contributed by atoms with Gasteiger partial charge >= 0.3 is 5.97 Å². The van der Waals surface area contributed by atoms with Gasteiger partial charge in [-0.3, -0.25) is 4.90 Å². The average Bonchev–Trinajstić information content (AvgIpc) is 2.34. The summed E-state index contributed by atoms with van der Waals surface area (Å²) in [4.78, 5) is 12.6. The van der Waals surface area contributed by atoms with Gasteiger partial charge in [0.15, 0.2) is 5.60 Å². The van der Waals surface area contributed by atoms with Crippen LogP contribution in [0.1, 0.15) is 20.3 Å². The van der Waals surface area contributed by atoms with Gasteiger partial charge in [0.2, 0.25) is 0 Å². The van der Waals surface area contributed by atoms with Crippen molar-refractivity contribution in [1.82, 2.24) is 4.90 Å². The first-order chi connectivity index (χ1) is 5.92. The Bertz CT molecular complexity index is 203. The molecule has 4 nitrogen and oxygen atoms in total. The molecule has 4 heteroatoms. The number of nitrogens with zero attached hydrogens (tertiary/aromatic N) is 1. The first-order valence-electron chi connectivity index (χ1n) is 4.60. The first kappa shape index (κ1) is 10.5. The van der Waals surface area contributed by atoms with Crippen molar-refractivity contribution >= 4 is 5.97 Å². The van der Waals surface area contributed by atoms with Crippen molar-refractivity contribution in [1.29, 1.82) is 0 Å². The van der Waals surface area contributed by atoms with Gasteiger partial charge in [-0.05, 0) is 25.8 Å². The summed E-state index contributed by atoms with van der Waals surface area (Å²) in [7, 11) is 0. The zero-order valence-electron chi connectivity index (χ0n) is 8.16. The van der Waals surface area contributed by atoms with E-state index in [1.165, 1.54) is 6.92 Å². The lowest BCUT2D eigenvalue weighted by atomic mass is 10.1. The maximum atomic E-state index is 10.6. The smallest absolute Gasteiger partial charge is 0.336 e. The Labute approximate surface area is 78.2 Å². The molecule has 0 radical (unpaired) electrons. The summed E-state index contributed by atoms with van der Waals surface area (Å²) in [5.74, 6) is -0.531. The molecule has 0 amide bonds. The van der Waals surface area contributed by atoms with E-state index in [0.29, 0.717) is 5.92 Å². The van der Waals surface area contributed by atoms with Crippen LogP contribution in [0.2, 0.25) is 0 Å². The molecule has 1 rings (SSSR count). The Balaban J connectivity index is 2.44. The number of rotatable bonds is 3. The quantitative estimate of drug-likeness (QED) is 0.661. The van der Waals surface area contributed by atoms with E-state index in [4.69, 9.17) is 5.11 Å². The monoisotopic (exact) mass is 187 g/mol. The zero-order valence-corrected chi connectivity index (χ0v) is 8.16. The molecule has 0 aliphatic carbocycles. The van der Waals surface area contributed by atoms with E-state index < -0.39 is 11.6 Å². The molecule has 0 aromatic heterocycles. The third-order valence-electron chi connectivity index (χ3n) is 2.50. The number of carboxylic acids is 1. The number of hydrogen-bond donors (Lipinski definition) is 2. The number of likely N-dealkylation sites (tertiary alicyclic amines) is 1. The third-order valence-corrected chi connectivity index (χ3v) is 2.50. The molecule has 13 heavy (non-hydrogen) atoms. The number of β-amino-alcohol motifs (C(OH)–C–C–N with tert-alkyl or cyclic N) is 1. The van der Waals surface area contributed by atoms with Gasteiger partial charge < -0.3 is 10.2 Å². The highest BCUT2D eigenvalue weighted by Crippen LogP contribution is 2.17. The van der Waals surface area contributed by atoms with E-state index in [2.05, 4.69) is 6.92 Å².